The Labute approximate surface area is 117 Å². The van der Waals surface area contributed by atoms with E-state index in [0.29, 0.717) is 0 Å². The molecule has 1 aromatic carbocycles. The first-order valence-electron chi connectivity index (χ1n) is 5.02. The zero-order chi connectivity index (χ0) is 11.7. The molecule has 0 aliphatic rings. The molecule has 0 aliphatic heterocycles. The van der Waals surface area contributed by atoms with Crippen molar-refractivity contribution in [1.82, 2.24) is 9.78 Å². The van der Waals surface area contributed by atoms with Crippen molar-refractivity contribution in [3.05, 3.63) is 49.3 Å². The van der Waals surface area contributed by atoms with Gasteiger partial charge in [0.2, 0.25) is 0 Å². The number of aryl methyl sites for hydroxylation is 1. The molecular formula is C12H12BrIN2. The summed E-state index contributed by atoms with van der Waals surface area (Å²) < 4.78 is 4.40. The molecule has 2 aromatic rings. The fourth-order valence-corrected chi connectivity index (χ4v) is 2.24. The first-order chi connectivity index (χ1) is 7.58. The molecule has 16 heavy (non-hydrogen) atoms. The van der Waals surface area contributed by atoms with Gasteiger partial charge in [0.15, 0.2) is 0 Å². The van der Waals surface area contributed by atoms with Gasteiger partial charge >= 0.3 is 0 Å². The molecule has 0 saturated carbocycles. The molecule has 2 rings (SSSR count). The van der Waals surface area contributed by atoms with Crippen molar-refractivity contribution >= 4 is 38.5 Å². The molecule has 0 N–H and O–H groups in total. The van der Waals surface area contributed by atoms with E-state index in [1.807, 2.05) is 11.6 Å². The summed E-state index contributed by atoms with van der Waals surface area (Å²) in [4.78, 5) is 0. The second kappa shape index (κ2) is 4.87. The lowest BCUT2D eigenvalue weighted by molar-refractivity contribution is 0.658. The van der Waals surface area contributed by atoms with Crippen LogP contribution < -0.4 is 0 Å². The topological polar surface area (TPSA) is 17.8 Å². The molecule has 0 fully saturated rings. The van der Waals surface area contributed by atoms with E-state index in [-0.39, 0.29) is 0 Å². The minimum atomic E-state index is 0.829. The number of hydrogen-bond donors (Lipinski definition) is 0. The fourth-order valence-electron chi connectivity index (χ4n) is 1.59. The van der Waals surface area contributed by atoms with Gasteiger partial charge in [0, 0.05) is 3.57 Å². The molecule has 4 heteroatoms. The Morgan fingerprint density at radius 3 is 2.38 bits per heavy atom. The van der Waals surface area contributed by atoms with Gasteiger partial charge in [0.25, 0.3) is 0 Å². The predicted molar refractivity (Wildman–Crippen MR) is 77.7 cm³/mol. The average molecular weight is 391 g/mol. The van der Waals surface area contributed by atoms with Crippen LogP contribution in [0.25, 0.3) is 0 Å². The number of halogens is 2. The maximum Gasteiger partial charge on any atom is 0.0738 e. The van der Waals surface area contributed by atoms with Crippen LogP contribution in [-0.4, -0.2) is 9.78 Å². The average Bonchev–Trinajstić information content (AvgIpc) is 2.50. The summed E-state index contributed by atoms with van der Waals surface area (Å²) in [6, 6.07) is 8.53. The largest absolute Gasteiger partial charge is 0.264 e. The maximum absolute atomic E-state index is 4.50. The Morgan fingerprint density at radius 1 is 1.25 bits per heavy atom. The van der Waals surface area contributed by atoms with E-state index < -0.39 is 0 Å². The molecule has 0 bridgehead atoms. The molecule has 2 nitrogen and oxygen atoms in total. The van der Waals surface area contributed by atoms with Crippen molar-refractivity contribution in [1.29, 1.82) is 0 Å². The van der Waals surface area contributed by atoms with E-state index in [9.17, 15) is 0 Å². The van der Waals surface area contributed by atoms with Crippen LogP contribution in [0.1, 0.15) is 17.0 Å². The van der Waals surface area contributed by atoms with Crippen molar-refractivity contribution in [2.75, 3.05) is 0 Å². The molecule has 1 heterocycles. The van der Waals surface area contributed by atoms with Crippen LogP contribution >= 0.6 is 38.5 Å². The highest BCUT2D eigenvalue weighted by atomic mass is 127. The Morgan fingerprint density at radius 2 is 1.88 bits per heavy atom. The standard InChI is InChI=1S/C12H12BrIN2/c1-8-12(13)9(2)16(15-8)7-10-3-5-11(14)6-4-10/h3-6H,7H2,1-2H3. The van der Waals surface area contributed by atoms with E-state index in [2.05, 4.69) is 74.8 Å². The lowest BCUT2D eigenvalue weighted by Gasteiger charge is -2.04. The van der Waals surface area contributed by atoms with Crippen LogP contribution in [0.2, 0.25) is 0 Å². The predicted octanol–water partition coefficient (Wildman–Crippen LogP) is 3.92. The third-order valence-electron chi connectivity index (χ3n) is 2.54. The monoisotopic (exact) mass is 390 g/mol. The SMILES string of the molecule is Cc1nn(Cc2ccc(I)cc2)c(C)c1Br. The van der Waals surface area contributed by atoms with E-state index >= 15 is 0 Å². The van der Waals surface area contributed by atoms with Crippen LogP contribution in [-0.2, 0) is 6.54 Å². The third-order valence-corrected chi connectivity index (χ3v) is 4.41. The van der Waals surface area contributed by atoms with Gasteiger partial charge in [-0.1, -0.05) is 12.1 Å². The van der Waals surface area contributed by atoms with Gasteiger partial charge in [-0.05, 0) is 70.1 Å². The van der Waals surface area contributed by atoms with Gasteiger partial charge in [-0.15, -0.1) is 0 Å². The zero-order valence-electron chi connectivity index (χ0n) is 9.17. The summed E-state index contributed by atoms with van der Waals surface area (Å²) in [7, 11) is 0. The van der Waals surface area contributed by atoms with Crippen LogP contribution in [0.15, 0.2) is 28.7 Å². The molecular weight excluding hydrogens is 379 g/mol. The third kappa shape index (κ3) is 2.48. The Balaban J connectivity index is 2.27. The maximum atomic E-state index is 4.50. The van der Waals surface area contributed by atoms with E-state index in [0.717, 1.165) is 16.7 Å². The summed E-state index contributed by atoms with van der Waals surface area (Å²) in [5, 5.41) is 4.50. The van der Waals surface area contributed by atoms with E-state index in [1.165, 1.54) is 14.8 Å². The highest BCUT2D eigenvalue weighted by Crippen LogP contribution is 2.20. The van der Waals surface area contributed by atoms with Crippen molar-refractivity contribution < 1.29 is 0 Å². The van der Waals surface area contributed by atoms with Gasteiger partial charge < -0.3 is 0 Å². The van der Waals surface area contributed by atoms with Crippen LogP contribution in [0, 0.1) is 17.4 Å². The Bertz CT molecular complexity index is 502. The number of aromatic nitrogens is 2. The number of rotatable bonds is 2. The molecule has 0 unspecified atom stereocenters. The molecule has 84 valence electrons. The van der Waals surface area contributed by atoms with E-state index in [1.54, 1.807) is 0 Å². The van der Waals surface area contributed by atoms with Gasteiger partial charge in [-0.25, -0.2) is 0 Å². The summed E-state index contributed by atoms with van der Waals surface area (Å²) in [6.07, 6.45) is 0. The highest BCUT2D eigenvalue weighted by Gasteiger charge is 2.08. The van der Waals surface area contributed by atoms with Crippen molar-refractivity contribution in [2.45, 2.75) is 20.4 Å². The molecule has 0 amide bonds. The molecule has 0 radical (unpaired) electrons. The summed E-state index contributed by atoms with van der Waals surface area (Å²) >= 11 is 5.85. The summed E-state index contributed by atoms with van der Waals surface area (Å²) in [5.74, 6) is 0. The van der Waals surface area contributed by atoms with Gasteiger partial charge in [0.05, 0.1) is 22.4 Å². The van der Waals surface area contributed by atoms with E-state index in [4.69, 9.17) is 0 Å². The number of nitrogens with zero attached hydrogens (tertiary/aromatic N) is 2. The van der Waals surface area contributed by atoms with Crippen molar-refractivity contribution in [2.24, 2.45) is 0 Å². The first-order valence-corrected chi connectivity index (χ1v) is 6.89. The van der Waals surface area contributed by atoms with Crippen LogP contribution in [0.3, 0.4) is 0 Å². The van der Waals surface area contributed by atoms with Crippen molar-refractivity contribution in [3.8, 4) is 0 Å². The first kappa shape index (κ1) is 12.1. The zero-order valence-corrected chi connectivity index (χ0v) is 12.9. The number of hydrogen-bond acceptors (Lipinski definition) is 1. The second-order valence-corrected chi connectivity index (χ2v) is 5.81. The Kier molecular flexibility index (Phi) is 3.69. The summed E-state index contributed by atoms with van der Waals surface area (Å²) in [5.41, 5.74) is 3.50. The lowest BCUT2D eigenvalue weighted by atomic mass is 10.2. The minimum absolute atomic E-state index is 0.829. The lowest BCUT2D eigenvalue weighted by Crippen LogP contribution is -2.03. The highest BCUT2D eigenvalue weighted by molar-refractivity contribution is 14.1. The minimum Gasteiger partial charge on any atom is -0.264 e. The van der Waals surface area contributed by atoms with Crippen molar-refractivity contribution in [3.63, 3.8) is 0 Å². The van der Waals surface area contributed by atoms with Gasteiger partial charge in [0.1, 0.15) is 0 Å². The smallest absolute Gasteiger partial charge is 0.0738 e. The van der Waals surface area contributed by atoms with Crippen LogP contribution in [0.4, 0.5) is 0 Å². The Hall–Kier alpha value is -0.360. The molecule has 0 atom stereocenters. The fraction of sp³-hybridized carbons (Fsp3) is 0.250. The van der Waals surface area contributed by atoms with Gasteiger partial charge in [-0.2, -0.15) is 5.10 Å². The second-order valence-electron chi connectivity index (χ2n) is 3.77. The molecule has 0 saturated heterocycles. The van der Waals surface area contributed by atoms with Crippen LogP contribution in [0.5, 0.6) is 0 Å². The normalized spacial score (nSPS) is 10.8. The number of benzene rings is 1. The quantitative estimate of drug-likeness (QED) is 0.710. The molecule has 0 aliphatic carbocycles. The molecule has 1 aromatic heterocycles. The molecule has 0 spiro atoms. The van der Waals surface area contributed by atoms with Gasteiger partial charge in [-0.3, -0.25) is 4.68 Å². The summed E-state index contributed by atoms with van der Waals surface area (Å²) in [6.45, 7) is 4.92.